The predicted molar refractivity (Wildman–Crippen MR) is 87.3 cm³/mol. The molecule has 1 saturated heterocycles. The molecule has 1 aromatic carbocycles. The number of esters is 1. The van der Waals surface area contributed by atoms with Crippen molar-refractivity contribution in [2.45, 2.75) is 51.7 Å². The minimum atomic E-state index is -0.599. The molecular formula is C18H25NO4. The van der Waals surface area contributed by atoms with Gasteiger partial charge < -0.3 is 9.47 Å². The predicted octanol–water partition coefficient (Wildman–Crippen LogP) is 3.26. The number of rotatable bonds is 2. The maximum absolute atomic E-state index is 12.4. The van der Waals surface area contributed by atoms with Crippen LogP contribution in [-0.4, -0.2) is 42.3 Å². The summed E-state index contributed by atoms with van der Waals surface area (Å²) >= 11 is 0. The fourth-order valence-electron chi connectivity index (χ4n) is 2.99. The van der Waals surface area contributed by atoms with Crippen LogP contribution in [0.15, 0.2) is 24.3 Å². The van der Waals surface area contributed by atoms with E-state index in [9.17, 15) is 9.59 Å². The number of carbonyl (C=O) groups excluding carboxylic acids is 2. The summed E-state index contributed by atoms with van der Waals surface area (Å²) in [7, 11) is 1.34. The number of hydrogen-bond donors (Lipinski definition) is 0. The SMILES string of the molecule is COC(=O)[C@@H]1C[C@H](c2ccccc2C)CN1C(=O)OC(C)(C)C. The molecule has 0 spiro atoms. The van der Waals surface area contributed by atoms with Gasteiger partial charge in [-0.3, -0.25) is 4.90 Å². The Labute approximate surface area is 137 Å². The lowest BCUT2D eigenvalue weighted by atomic mass is 9.93. The molecular weight excluding hydrogens is 294 g/mol. The first-order chi connectivity index (χ1) is 10.7. The summed E-state index contributed by atoms with van der Waals surface area (Å²) in [6, 6.07) is 7.45. The van der Waals surface area contributed by atoms with Crippen LogP contribution in [0.2, 0.25) is 0 Å². The topological polar surface area (TPSA) is 55.8 Å². The van der Waals surface area contributed by atoms with Gasteiger partial charge in [0, 0.05) is 12.5 Å². The smallest absolute Gasteiger partial charge is 0.411 e. The van der Waals surface area contributed by atoms with Crippen LogP contribution in [0.25, 0.3) is 0 Å². The van der Waals surface area contributed by atoms with Crippen molar-refractivity contribution in [3.05, 3.63) is 35.4 Å². The average Bonchev–Trinajstić information content (AvgIpc) is 2.90. The Morgan fingerprint density at radius 3 is 2.43 bits per heavy atom. The third-order valence-corrected chi connectivity index (χ3v) is 4.03. The second kappa shape index (κ2) is 6.60. The maximum Gasteiger partial charge on any atom is 0.411 e. The fourth-order valence-corrected chi connectivity index (χ4v) is 2.99. The van der Waals surface area contributed by atoms with Gasteiger partial charge in [-0.25, -0.2) is 9.59 Å². The van der Waals surface area contributed by atoms with Crippen LogP contribution in [0.5, 0.6) is 0 Å². The summed E-state index contributed by atoms with van der Waals surface area (Å²) in [5.41, 5.74) is 1.72. The number of hydrogen-bond acceptors (Lipinski definition) is 4. The standard InChI is InChI=1S/C18H25NO4/c1-12-8-6-7-9-14(12)13-10-15(16(20)22-5)19(11-13)17(21)23-18(2,3)4/h6-9,13,15H,10-11H2,1-5H3/t13-,15-/m0/s1. The number of amides is 1. The lowest BCUT2D eigenvalue weighted by molar-refractivity contribution is -0.145. The highest BCUT2D eigenvalue weighted by molar-refractivity contribution is 5.82. The van der Waals surface area contributed by atoms with Crippen LogP contribution in [0.3, 0.4) is 0 Å². The van der Waals surface area contributed by atoms with E-state index < -0.39 is 23.7 Å². The molecule has 23 heavy (non-hydrogen) atoms. The minimum absolute atomic E-state index is 0.104. The quantitative estimate of drug-likeness (QED) is 0.785. The number of likely N-dealkylation sites (tertiary alicyclic amines) is 1. The zero-order chi connectivity index (χ0) is 17.2. The molecule has 2 atom stereocenters. The van der Waals surface area contributed by atoms with E-state index >= 15 is 0 Å². The largest absolute Gasteiger partial charge is 0.467 e. The van der Waals surface area contributed by atoms with E-state index in [1.165, 1.54) is 12.0 Å². The van der Waals surface area contributed by atoms with Gasteiger partial charge in [-0.1, -0.05) is 24.3 Å². The first-order valence-electron chi connectivity index (χ1n) is 7.86. The summed E-state index contributed by atoms with van der Waals surface area (Å²) < 4.78 is 10.3. The summed E-state index contributed by atoms with van der Waals surface area (Å²) in [6.45, 7) is 7.94. The number of aryl methyl sites for hydroxylation is 1. The van der Waals surface area contributed by atoms with Crippen molar-refractivity contribution >= 4 is 12.1 Å². The van der Waals surface area contributed by atoms with Crippen LogP contribution >= 0.6 is 0 Å². The molecule has 0 N–H and O–H groups in total. The average molecular weight is 319 g/mol. The fraction of sp³-hybridized carbons (Fsp3) is 0.556. The molecule has 0 aliphatic carbocycles. The summed E-state index contributed by atoms with van der Waals surface area (Å²) in [5, 5.41) is 0. The summed E-state index contributed by atoms with van der Waals surface area (Å²) in [6.07, 6.45) is 0.0838. The molecule has 1 aromatic rings. The molecule has 0 unspecified atom stereocenters. The van der Waals surface area contributed by atoms with Crippen molar-refractivity contribution < 1.29 is 19.1 Å². The van der Waals surface area contributed by atoms with Crippen LogP contribution < -0.4 is 0 Å². The van der Waals surface area contributed by atoms with Gasteiger partial charge in [0.25, 0.3) is 0 Å². The van der Waals surface area contributed by atoms with E-state index in [4.69, 9.17) is 9.47 Å². The van der Waals surface area contributed by atoms with Gasteiger partial charge in [0.2, 0.25) is 0 Å². The number of carbonyl (C=O) groups is 2. The summed E-state index contributed by atoms with van der Waals surface area (Å²) in [5.74, 6) is -0.292. The van der Waals surface area contributed by atoms with Gasteiger partial charge in [0.1, 0.15) is 11.6 Å². The molecule has 2 rings (SSSR count). The highest BCUT2D eigenvalue weighted by atomic mass is 16.6. The highest BCUT2D eigenvalue weighted by Crippen LogP contribution is 2.34. The van der Waals surface area contributed by atoms with Crippen LogP contribution in [0.1, 0.15) is 44.2 Å². The number of nitrogens with zero attached hydrogens (tertiary/aromatic N) is 1. The van der Waals surface area contributed by atoms with Crippen molar-refractivity contribution in [2.75, 3.05) is 13.7 Å². The minimum Gasteiger partial charge on any atom is -0.467 e. The molecule has 1 amide bonds. The van der Waals surface area contributed by atoms with Gasteiger partial charge >= 0.3 is 12.1 Å². The van der Waals surface area contributed by atoms with Crippen molar-refractivity contribution in [1.82, 2.24) is 4.90 Å². The summed E-state index contributed by atoms with van der Waals surface area (Å²) in [4.78, 5) is 26.0. The molecule has 0 radical (unpaired) electrons. The Morgan fingerprint density at radius 1 is 1.22 bits per heavy atom. The zero-order valence-electron chi connectivity index (χ0n) is 14.5. The van der Waals surface area contributed by atoms with E-state index in [2.05, 4.69) is 0 Å². The molecule has 1 aliphatic heterocycles. The van der Waals surface area contributed by atoms with Crippen molar-refractivity contribution in [3.8, 4) is 0 Å². The molecule has 1 aliphatic rings. The zero-order valence-corrected chi connectivity index (χ0v) is 14.5. The maximum atomic E-state index is 12.4. The molecule has 0 bridgehead atoms. The van der Waals surface area contributed by atoms with Gasteiger partial charge in [0.05, 0.1) is 7.11 Å². The van der Waals surface area contributed by atoms with Crippen molar-refractivity contribution in [3.63, 3.8) is 0 Å². The normalized spacial score (nSPS) is 21.2. The lowest BCUT2D eigenvalue weighted by Crippen LogP contribution is -2.43. The Bertz CT molecular complexity index is 591. The monoisotopic (exact) mass is 319 g/mol. The number of benzene rings is 1. The second-order valence-electron chi connectivity index (χ2n) is 6.96. The Kier molecular flexibility index (Phi) is 4.97. The van der Waals surface area contributed by atoms with Crippen molar-refractivity contribution in [1.29, 1.82) is 0 Å². The Balaban J connectivity index is 2.24. The molecule has 1 heterocycles. The Morgan fingerprint density at radius 2 is 1.87 bits per heavy atom. The first kappa shape index (κ1) is 17.3. The second-order valence-corrected chi connectivity index (χ2v) is 6.96. The van der Waals surface area contributed by atoms with E-state index in [-0.39, 0.29) is 5.92 Å². The molecule has 0 aromatic heterocycles. The van der Waals surface area contributed by atoms with E-state index in [1.54, 1.807) is 0 Å². The van der Waals surface area contributed by atoms with E-state index in [0.29, 0.717) is 13.0 Å². The van der Waals surface area contributed by atoms with E-state index in [1.807, 2.05) is 52.0 Å². The van der Waals surface area contributed by atoms with E-state index in [0.717, 1.165) is 11.1 Å². The molecule has 0 saturated carbocycles. The number of ether oxygens (including phenoxy) is 2. The highest BCUT2D eigenvalue weighted by Gasteiger charge is 2.42. The third kappa shape index (κ3) is 4.03. The first-order valence-corrected chi connectivity index (χ1v) is 7.86. The van der Waals surface area contributed by atoms with Crippen LogP contribution in [0.4, 0.5) is 4.79 Å². The molecule has 126 valence electrons. The van der Waals surface area contributed by atoms with Crippen LogP contribution in [-0.2, 0) is 14.3 Å². The molecule has 5 nitrogen and oxygen atoms in total. The van der Waals surface area contributed by atoms with Gasteiger partial charge in [-0.2, -0.15) is 0 Å². The number of methoxy groups -OCH3 is 1. The molecule has 1 fully saturated rings. The van der Waals surface area contributed by atoms with Gasteiger partial charge in [0.15, 0.2) is 0 Å². The van der Waals surface area contributed by atoms with Crippen molar-refractivity contribution in [2.24, 2.45) is 0 Å². The third-order valence-electron chi connectivity index (χ3n) is 4.03. The molecule has 5 heteroatoms. The van der Waals surface area contributed by atoms with Crippen LogP contribution in [0, 0.1) is 6.92 Å². The van der Waals surface area contributed by atoms with Gasteiger partial charge in [-0.05, 0) is 45.2 Å². The Hall–Kier alpha value is -2.04. The van der Waals surface area contributed by atoms with Gasteiger partial charge in [-0.15, -0.1) is 0 Å². The lowest BCUT2D eigenvalue weighted by Gasteiger charge is -2.27.